The number of nitrogens with one attached hydrogen (secondary N) is 1. The number of hydrogen-bond acceptors (Lipinski definition) is 3. The number of hydrogen-bond donors (Lipinski definition) is 1. The minimum Gasteiger partial charge on any atom is -0.760 e. The molecule has 1 saturated carbocycles. The van der Waals surface area contributed by atoms with E-state index in [0.717, 1.165) is 49.0 Å². The average molecular weight is 477 g/mol. The van der Waals surface area contributed by atoms with Crippen LogP contribution in [0.4, 0.5) is 0 Å². The lowest BCUT2D eigenvalue weighted by Gasteiger charge is -2.34. The van der Waals surface area contributed by atoms with Gasteiger partial charge in [0.1, 0.15) is 0 Å². The Bertz CT molecular complexity index is 632. The van der Waals surface area contributed by atoms with E-state index in [1.807, 2.05) is 12.1 Å². The van der Waals surface area contributed by atoms with Gasteiger partial charge in [-0.05, 0) is 107 Å². The average Bonchev–Trinajstić information content (AvgIpc) is 2.65. The Hall–Kier alpha value is 0.0200. The summed E-state index contributed by atoms with van der Waals surface area (Å²) in [5, 5.41) is 0.817. The third kappa shape index (κ3) is 7.09. The first-order valence-corrected chi connectivity index (χ1v) is 12.3. The molecule has 152 valence electrons. The van der Waals surface area contributed by atoms with Gasteiger partial charge in [0.15, 0.2) is 0 Å². The van der Waals surface area contributed by atoms with Crippen LogP contribution in [0.5, 0.6) is 0 Å². The van der Waals surface area contributed by atoms with Crippen LogP contribution in [0.3, 0.4) is 0 Å². The lowest BCUT2D eigenvalue weighted by molar-refractivity contribution is 0.164. The van der Waals surface area contributed by atoms with E-state index in [2.05, 4.69) is 31.6 Å². The lowest BCUT2D eigenvalue weighted by Crippen LogP contribution is -2.37. The van der Waals surface area contributed by atoms with E-state index in [0.29, 0.717) is 0 Å². The summed E-state index contributed by atoms with van der Waals surface area (Å²) in [6, 6.07) is 6.22. The van der Waals surface area contributed by atoms with Gasteiger partial charge in [0.05, 0.1) is 0 Å². The van der Waals surface area contributed by atoms with Crippen molar-refractivity contribution in [2.24, 2.45) is 11.8 Å². The fourth-order valence-electron chi connectivity index (χ4n) is 4.50. The highest BCUT2D eigenvalue weighted by atomic mass is 79.9. The van der Waals surface area contributed by atoms with Crippen molar-refractivity contribution in [1.29, 1.82) is 0 Å². The van der Waals surface area contributed by atoms with E-state index in [1.54, 1.807) is 0 Å². The maximum absolute atomic E-state index is 10.7. The summed E-state index contributed by atoms with van der Waals surface area (Å²) in [7, 11) is 0. The maximum Gasteiger partial charge on any atom is 0.0409 e. The number of likely N-dealkylation sites (tertiary alicyclic amines) is 1. The first kappa shape index (κ1) is 21.7. The molecule has 4 nitrogen and oxygen atoms in total. The molecule has 2 fully saturated rings. The van der Waals surface area contributed by atoms with Crippen molar-refractivity contribution < 1.29 is 8.76 Å². The Morgan fingerprint density at radius 1 is 1.15 bits per heavy atom. The molecule has 1 aromatic rings. The molecule has 2 aliphatic rings. The van der Waals surface area contributed by atoms with E-state index in [-0.39, 0.29) is 6.04 Å². The zero-order valence-corrected chi connectivity index (χ0v) is 18.8. The van der Waals surface area contributed by atoms with Crippen molar-refractivity contribution in [3.8, 4) is 0 Å². The van der Waals surface area contributed by atoms with Gasteiger partial charge in [0.2, 0.25) is 0 Å². The molecular formula is C20H29BrClN2O2S-. The van der Waals surface area contributed by atoms with E-state index in [4.69, 9.17) is 11.6 Å². The summed E-state index contributed by atoms with van der Waals surface area (Å²) in [6.45, 7) is 3.56. The number of piperidine rings is 1. The van der Waals surface area contributed by atoms with Crippen LogP contribution in [0.1, 0.15) is 50.5 Å². The van der Waals surface area contributed by atoms with Crippen LogP contribution in [-0.4, -0.2) is 39.3 Å². The van der Waals surface area contributed by atoms with Gasteiger partial charge in [-0.3, -0.25) is 4.21 Å². The fraction of sp³-hybridized carbons (Fsp3) is 0.700. The molecular weight excluding hydrogens is 448 g/mol. The molecule has 1 saturated heterocycles. The molecule has 0 amide bonds. The molecule has 1 aliphatic carbocycles. The van der Waals surface area contributed by atoms with Crippen LogP contribution < -0.4 is 4.72 Å². The highest BCUT2D eigenvalue weighted by molar-refractivity contribution is 9.10. The van der Waals surface area contributed by atoms with Crippen LogP contribution in [0.25, 0.3) is 0 Å². The minimum absolute atomic E-state index is 0.154. The normalized spacial score (nSPS) is 26.2. The molecule has 1 heterocycles. The molecule has 1 aromatic carbocycles. The molecule has 0 bridgehead atoms. The van der Waals surface area contributed by atoms with Gasteiger partial charge in [-0.2, -0.15) is 0 Å². The van der Waals surface area contributed by atoms with Gasteiger partial charge in [0.25, 0.3) is 0 Å². The van der Waals surface area contributed by atoms with Gasteiger partial charge in [-0.15, -0.1) is 0 Å². The van der Waals surface area contributed by atoms with Crippen molar-refractivity contribution in [3.05, 3.63) is 33.3 Å². The van der Waals surface area contributed by atoms with Crippen molar-refractivity contribution in [3.63, 3.8) is 0 Å². The molecule has 0 aromatic heterocycles. The first-order valence-electron chi connectivity index (χ1n) is 10.0. The number of halogens is 2. The summed E-state index contributed by atoms with van der Waals surface area (Å²) in [4.78, 5) is 2.61. The van der Waals surface area contributed by atoms with Gasteiger partial charge < -0.3 is 9.45 Å². The Labute approximate surface area is 179 Å². The second-order valence-corrected chi connectivity index (χ2v) is 10.1. The molecule has 0 radical (unpaired) electrons. The second-order valence-electron chi connectivity index (χ2n) is 8.08. The summed E-state index contributed by atoms with van der Waals surface area (Å²) >= 11 is 7.67. The quantitative estimate of drug-likeness (QED) is 0.581. The molecule has 7 heteroatoms. The van der Waals surface area contributed by atoms with Crippen LogP contribution in [-0.2, 0) is 17.7 Å². The van der Waals surface area contributed by atoms with E-state index >= 15 is 0 Å². The smallest absolute Gasteiger partial charge is 0.0409 e. The molecule has 0 spiro atoms. The Balaban J connectivity index is 1.34. The summed E-state index contributed by atoms with van der Waals surface area (Å²) < 4.78 is 25.3. The Morgan fingerprint density at radius 3 is 2.52 bits per heavy atom. The third-order valence-electron chi connectivity index (χ3n) is 6.19. The SMILES string of the molecule is O=S([O-])NC1CCC(CCN2CCC(Cc3cc(Cl)ccc3Br)CC2)CC1. The second kappa shape index (κ2) is 10.7. The summed E-state index contributed by atoms with van der Waals surface area (Å²) in [5.41, 5.74) is 1.32. The minimum atomic E-state index is -2.12. The molecule has 1 aliphatic heterocycles. The molecule has 3 rings (SSSR count). The third-order valence-corrected chi connectivity index (χ3v) is 7.72. The largest absolute Gasteiger partial charge is 0.760 e. The van der Waals surface area contributed by atoms with Gasteiger partial charge in [0, 0.05) is 26.8 Å². The molecule has 1 atom stereocenters. The Kier molecular flexibility index (Phi) is 8.61. The van der Waals surface area contributed by atoms with E-state index < -0.39 is 11.3 Å². The molecule has 1 unspecified atom stereocenters. The maximum atomic E-state index is 10.7. The predicted molar refractivity (Wildman–Crippen MR) is 114 cm³/mol. The van der Waals surface area contributed by atoms with Crippen molar-refractivity contribution >= 4 is 38.8 Å². The highest BCUT2D eigenvalue weighted by Gasteiger charge is 2.24. The van der Waals surface area contributed by atoms with Gasteiger partial charge >= 0.3 is 0 Å². The van der Waals surface area contributed by atoms with Crippen LogP contribution in [0.15, 0.2) is 22.7 Å². The van der Waals surface area contributed by atoms with Crippen molar-refractivity contribution in [2.75, 3.05) is 19.6 Å². The highest BCUT2D eigenvalue weighted by Crippen LogP contribution is 2.30. The number of rotatable bonds is 7. The zero-order chi connectivity index (χ0) is 19.2. The zero-order valence-electron chi connectivity index (χ0n) is 15.7. The van der Waals surface area contributed by atoms with Crippen LogP contribution in [0.2, 0.25) is 5.02 Å². The summed E-state index contributed by atoms with van der Waals surface area (Å²) in [5.74, 6) is 1.49. The first-order chi connectivity index (χ1) is 13.0. The van der Waals surface area contributed by atoms with Crippen LogP contribution >= 0.6 is 27.5 Å². The van der Waals surface area contributed by atoms with Gasteiger partial charge in [-0.1, -0.05) is 27.5 Å². The van der Waals surface area contributed by atoms with Crippen molar-refractivity contribution in [2.45, 2.75) is 57.4 Å². The standard InChI is InChI=1S/C20H30BrClN2O2S/c21-20-6-3-18(22)14-17(20)13-16-8-11-24(12-9-16)10-7-15-1-4-19(5-2-15)23-27(25)26/h3,6,14-16,19,23H,1-2,4-5,7-13H2,(H,25,26)/p-1. The summed E-state index contributed by atoms with van der Waals surface area (Å²) in [6.07, 6.45) is 9.12. The topological polar surface area (TPSA) is 55.4 Å². The monoisotopic (exact) mass is 475 g/mol. The fourth-order valence-corrected chi connectivity index (χ4v) is 5.61. The molecule has 27 heavy (non-hydrogen) atoms. The van der Waals surface area contributed by atoms with E-state index in [1.165, 1.54) is 48.9 Å². The predicted octanol–water partition coefficient (Wildman–Crippen LogP) is 4.69. The number of benzene rings is 1. The van der Waals surface area contributed by atoms with E-state index in [9.17, 15) is 8.76 Å². The lowest BCUT2D eigenvalue weighted by atomic mass is 9.84. The Morgan fingerprint density at radius 2 is 1.85 bits per heavy atom. The number of nitrogens with zero attached hydrogens (tertiary/aromatic N) is 1. The molecule has 1 N–H and O–H groups in total. The van der Waals surface area contributed by atoms with Crippen LogP contribution in [0, 0.1) is 11.8 Å². The van der Waals surface area contributed by atoms with Gasteiger partial charge in [-0.25, -0.2) is 4.72 Å². The van der Waals surface area contributed by atoms with Crippen molar-refractivity contribution in [1.82, 2.24) is 9.62 Å².